The zero-order chi connectivity index (χ0) is 13.9. The van der Waals surface area contributed by atoms with Gasteiger partial charge in [0.25, 0.3) is 0 Å². The van der Waals surface area contributed by atoms with E-state index in [9.17, 15) is 8.42 Å². The molecule has 0 spiro atoms. The lowest BCUT2D eigenvalue weighted by Gasteiger charge is -2.25. The van der Waals surface area contributed by atoms with Gasteiger partial charge in [0, 0.05) is 22.4 Å². The molecule has 0 atom stereocenters. The van der Waals surface area contributed by atoms with Crippen molar-refractivity contribution < 1.29 is 8.42 Å². The van der Waals surface area contributed by atoms with Gasteiger partial charge in [-0.15, -0.1) is 0 Å². The fourth-order valence-corrected chi connectivity index (χ4v) is 4.44. The first kappa shape index (κ1) is 16.4. The van der Waals surface area contributed by atoms with E-state index in [-0.39, 0.29) is 10.9 Å². The van der Waals surface area contributed by atoms with Crippen LogP contribution in [0.2, 0.25) is 5.02 Å². The third kappa shape index (κ3) is 3.70. The van der Waals surface area contributed by atoms with E-state index in [2.05, 4.69) is 31.9 Å². The smallest absolute Gasteiger partial charge is 0.207 e. The lowest BCUT2D eigenvalue weighted by molar-refractivity contribution is 0.372. The first-order chi connectivity index (χ1) is 8.30. The normalized spacial score (nSPS) is 12.4. The highest BCUT2D eigenvalue weighted by Crippen LogP contribution is 2.27. The van der Waals surface area contributed by atoms with Crippen LogP contribution in [0.25, 0.3) is 0 Å². The molecule has 1 rings (SSSR count). The molecule has 0 radical (unpaired) electrons. The molecule has 0 N–H and O–H groups in total. The Morgan fingerprint density at radius 3 is 2.44 bits per heavy atom. The fourth-order valence-electron chi connectivity index (χ4n) is 1.51. The van der Waals surface area contributed by atoms with Crippen molar-refractivity contribution in [1.82, 2.24) is 4.31 Å². The van der Waals surface area contributed by atoms with Gasteiger partial charge in [-0.1, -0.05) is 27.5 Å². The van der Waals surface area contributed by atoms with Gasteiger partial charge in [-0.2, -0.15) is 4.31 Å². The zero-order valence-electron chi connectivity index (χ0n) is 10.0. The summed E-state index contributed by atoms with van der Waals surface area (Å²) in [6.07, 6.45) is 0. The van der Waals surface area contributed by atoms with E-state index >= 15 is 0 Å². The Hall–Kier alpha value is 0.380. The molecular weight excluding hydrogens is 405 g/mol. The van der Waals surface area contributed by atoms with E-state index in [1.165, 1.54) is 16.4 Å². The molecule has 0 saturated heterocycles. The number of halogens is 3. The van der Waals surface area contributed by atoms with E-state index in [0.717, 1.165) is 0 Å². The summed E-state index contributed by atoms with van der Waals surface area (Å²) < 4.78 is 27.0. The van der Waals surface area contributed by atoms with Crippen LogP contribution in [0.4, 0.5) is 0 Å². The summed E-state index contributed by atoms with van der Waals surface area (Å²) in [5.74, 6) is 0. The Kier molecular flexibility index (Phi) is 6.12. The largest absolute Gasteiger partial charge is 0.243 e. The van der Waals surface area contributed by atoms with Gasteiger partial charge in [0.15, 0.2) is 0 Å². The molecule has 1 aromatic carbocycles. The van der Waals surface area contributed by atoms with E-state index in [0.29, 0.717) is 21.4 Å². The molecule has 0 aliphatic rings. The van der Waals surface area contributed by atoms with Gasteiger partial charge >= 0.3 is 0 Å². The van der Waals surface area contributed by atoms with Crippen molar-refractivity contribution in [3.63, 3.8) is 0 Å². The number of alkyl halides is 1. The Balaban J connectivity index is 3.22. The number of benzene rings is 1. The van der Waals surface area contributed by atoms with Gasteiger partial charge in [-0.3, -0.25) is 0 Å². The second kappa shape index (κ2) is 6.70. The highest BCUT2D eigenvalue weighted by atomic mass is 79.9. The van der Waals surface area contributed by atoms with Crippen LogP contribution in [0.1, 0.15) is 13.8 Å². The highest BCUT2D eigenvalue weighted by molar-refractivity contribution is 9.10. The molecular formula is C11H14Br2ClNO2S. The molecule has 0 bridgehead atoms. The van der Waals surface area contributed by atoms with Crippen molar-refractivity contribution in [2.75, 3.05) is 11.9 Å². The standard InChI is InChI=1S/C11H14Br2ClNO2S/c1-8(2)15(6-5-12)18(16,17)9-3-4-11(14)10(13)7-9/h3-4,7-8H,5-6H2,1-2H3. The van der Waals surface area contributed by atoms with Crippen molar-refractivity contribution in [2.45, 2.75) is 24.8 Å². The Morgan fingerprint density at radius 2 is 2.00 bits per heavy atom. The second-order valence-corrected chi connectivity index (χ2v) is 7.92. The topological polar surface area (TPSA) is 37.4 Å². The molecule has 102 valence electrons. The van der Waals surface area contributed by atoms with Crippen LogP contribution >= 0.6 is 43.5 Å². The summed E-state index contributed by atoms with van der Waals surface area (Å²) in [4.78, 5) is 0.244. The quantitative estimate of drug-likeness (QED) is 0.679. The fraction of sp³-hybridized carbons (Fsp3) is 0.455. The summed E-state index contributed by atoms with van der Waals surface area (Å²) in [5.41, 5.74) is 0. The van der Waals surface area contributed by atoms with Gasteiger partial charge < -0.3 is 0 Å². The minimum atomic E-state index is -3.49. The molecule has 0 heterocycles. The van der Waals surface area contributed by atoms with E-state index in [1.807, 2.05) is 13.8 Å². The van der Waals surface area contributed by atoms with Gasteiger partial charge in [0.2, 0.25) is 10.0 Å². The predicted octanol–water partition coefficient (Wildman–Crippen LogP) is 3.90. The average molecular weight is 420 g/mol. The number of rotatable bonds is 5. The minimum Gasteiger partial charge on any atom is -0.207 e. The van der Waals surface area contributed by atoms with Crippen molar-refractivity contribution in [2.24, 2.45) is 0 Å². The second-order valence-electron chi connectivity index (χ2n) is 3.97. The van der Waals surface area contributed by atoms with Crippen LogP contribution in [-0.2, 0) is 10.0 Å². The van der Waals surface area contributed by atoms with E-state index in [4.69, 9.17) is 11.6 Å². The van der Waals surface area contributed by atoms with E-state index < -0.39 is 10.0 Å². The number of hydrogen-bond donors (Lipinski definition) is 0. The lowest BCUT2D eigenvalue weighted by atomic mass is 10.4. The molecule has 1 aromatic rings. The maximum absolute atomic E-state index is 12.5. The first-order valence-corrected chi connectivity index (χ1v) is 9.06. The van der Waals surface area contributed by atoms with Crippen LogP contribution in [0, 0.1) is 0 Å². The maximum atomic E-state index is 12.5. The Bertz CT molecular complexity index is 520. The molecule has 0 amide bonds. The van der Waals surface area contributed by atoms with Crippen LogP contribution in [0.15, 0.2) is 27.6 Å². The highest BCUT2D eigenvalue weighted by Gasteiger charge is 2.26. The summed E-state index contributed by atoms with van der Waals surface area (Å²) in [7, 11) is -3.49. The zero-order valence-corrected chi connectivity index (χ0v) is 14.8. The summed E-state index contributed by atoms with van der Waals surface area (Å²) >= 11 is 12.4. The van der Waals surface area contributed by atoms with E-state index in [1.54, 1.807) is 6.07 Å². The molecule has 0 saturated carbocycles. The number of hydrogen-bond acceptors (Lipinski definition) is 2. The van der Waals surface area contributed by atoms with Crippen LogP contribution in [0.3, 0.4) is 0 Å². The molecule has 0 fully saturated rings. The van der Waals surface area contributed by atoms with Crippen molar-refractivity contribution >= 4 is 53.5 Å². The molecule has 0 aliphatic carbocycles. The third-order valence-corrected chi connectivity index (χ3v) is 6.02. The van der Waals surface area contributed by atoms with Gasteiger partial charge in [0.1, 0.15) is 0 Å². The minimum absolute atomic E-state index is 0.0954. The molecule has 7 heteroatoms. The van der Waals surface area contributed by atoms with Crippen molar-refractivity contribution in [3.05, 3.63) is 27.7 Å². The van der Waals surface area contributed by atoms with Gasteiger partial charge in [-0.25, -0.2) is 8.42 Å². The number of nitrogens with zero attached hydrogens (tertiary/aromatic N) is 1. The van der Waals surface area contributed by atoms with Gasteiger partial charge in [0.05, 0.1) is 9.92 Å². The maximum Gasteiger partial charge on any atom is 0.243 e. The monoisotopic (exact) mass is 417 g/mol. The predicted molar refractivity (Wildman–Crippen MR) is 82.0 cm³/mol. The van der Waals surface area contributed by atoms with Crippen LogP contribution in [0.5, 0.6) is 0 Å². The molecule has 0 aliphatic heterocycles. The number of sulfonamides is 1. The van der Waals surface area contributed by atoms with Crippen LogP contribution in [-0.4, -0.2) is 30.6 Å². The lowest BCUT2D eigenvalue weighted by Crippen LogP contribution is -2.38. The summed E-state index contributed by atoms with van der Waals surface area (Å²) in [6.45, 7) is 4.14. The molecule has 3 nitrogen and oxygen atoms in total. The first-order valence-electron chi connectivity index (χ1n) is 5.33. The Morgan fingerprint density at radius 1 is 1.39 bits per heavy atom. The summed E-state index contributed by atoms with van der Waals surface area (Å²) in [5, 5.41) is 1.09. The Labute approximate surface area is 130 Å². The molecule has 0 unspecified atom stereocenters. The third-order valence-electron chi connectivity index (χ3n) is 2.38. The molecule has 18 heavy (non-hydrogen) atoms. The summed E-state index contributed by atoms with van der Waals surface area (Å²) in [6, 6.07) is 4.53. The average Bonchev–Trinajstić information content (AvgIpc) is 2.28. The van der Waals surface area contributed by atoms with Crippen LogP contribution < -0.4 is 0 Å². The van der Waals surface area contributed by atoms with Crippen molar-refractivity contribution in [3.8, 4) is 0 Å². The molecule has 0 aromatic heterocycles. The SMILES string of the molecule is CC(C)N(CCBr)S(=O)(=O)c1ccc(Cl)c(Br)c1. The van der Waals surface area contributed by atoms with Gasteiger partial charge in [-0.05, 0) is 48.0 Å². The van der Waals surface area contributed by atoms with Crippen molar-refractivity contribution in [1.29, 1.82) is 0 Å².